The van der Waals surface area contributed by atoms with E-state index >= 15 is 0 Å². The van der Waals surface area contributed by atoms with E-state index in [0.29, 0.717) is 16.7 Å². The summed E-state index contributed by atoms with van der Waals surface area (Å²) in [4.78, 5) is 18.6. The number of hydrogen-bond donors (Lipinski definition) is 0. The summed E-state index contributed by atoms with van der Waals surface area (Å²) < 4.78 is 5.91. The monoisotopic (exact) mass is 353 g/mol. The predicted octanol–water partition coefficient (Wildman–Crippen LogP) is 3.26. The Balaban J connectivity index is 1.53. The molecule has 0 aromatic carbocycles. The fourth-order valence-electron chi connectivity index (χ4n) is 2.71. The SMILES string of the molecule is C[C@H](Oc1cnc(Cl)nc1)C1CCN(c2ncc(Cl)cn2)CC1. The van der Waals surface area contributed by atoms with Crippen molar-refractivity contribution in [1.29, 1.82) is 0 Å². The van der Waals surface area contributed by atoms with Crippen molar-refractivity contribution in [3.05, 3.63) is 35.1 Å². The van der Waals surface area contributed by atoms with Crippen LogP contribution in [0.25, 0.3) is 0 Å². The highest BCUT2D eigenvalue weighted by Crippen LogP contribution is 2.26. The smallest absolute Gasteiger partial charge is 0.225 e. The summed E-state index contributed by atoms with van der Waals surface area (Å²) in [6, 6.07) is 0. The maximum absolute atomic E-state index is 5.91. The van der Waals surface area contributed by atoms with Crippen LogP contribution in [0.5, 0.6) is 5.75 Å². The van der Waals surface area contributed by atoms with Crippen LogP contribution in [0.1, 0.15) is 19.8 Å². The molecule has 0 unspecified atom stereocenters. The van der Waals surface area contributed by atoms with Gasteiger partial charge in [-0.05, 0) is 37.3 Å². The Morgan fingerprint density at radius 2 is 1.65 bits per heavy atom. The van der Waals surface area contributed by atoms with E-state index in [1.807, 2.05) is 0 Å². The van der Waals surface area contributed by atoms with Gasteiger partial charge in [-0.15, -0.1) is 0 Å². The van der Waals surface area contributed by atoms with Crippen molar-refractivity contribution in [2.24, 2.45) is 5.92 Å². The molecule has 1 atom stereocenters. The molecule has 1 fully saturated rings. The summed E-state index contributed by atoms with van der Waals surface area (Å²) in [5, 5.41) is 0.775. The number of piperidine rings is 1. The summed E-state index contributed by atoms with van der Waals surface area (Å²) >= 11 is 11.5. The Kier molecular flexibility index (Phi) is 5.13. The number of nitrogens with zero attached hydrogens (tertiary/aromatic N) is 5. The molecule has 122 valence electrons. The second kappa shape index (κ2) is 7.27. The van der Waals surface area contributed by atoms with Gasteiger partial charge in [0, 0.05) is 13.1 Å². The zero-order valence-electron chi connectivity index (χ0n) is 12.7. The molecule has 0 saturated carbocycles. The highest BCUT2D eigenvalue weighted by Gasteiger charge is 2.26. The standard InChI is InChI=1S/C15H17Cl2N5O/c1-10(23-13-8-18-14(17)19-9-13)11-2-4-22(5-3-11)15-20-6-12(16)7-21-15/h6-11H,2-5H2,1H3/t10-/m0/s1. The average molecular weight is 354 g/mol. The van der Waals surface area contributed by atoms with E-state index in [9.17, 15) is 0 Å². The predicted molar refractivity (Wildman–Crippen MR) is 89.1 cm³/mol. The molecule has 0 amide bonds. The Morgan fingerprint density at radius 1 is 1.04 bits per heavy atom. The quantitative estimate of drug-likeness (QED) is 0.786. The summed E-state index contributed by atoms with van der Waals surface area (Å²) in [5.74, 6) is 1.84. The van der Waals surface area contributed by atoms with Crippen LogP contribution in [0.3, 0.4) is 0 Å². The Bertz CT molecular complexity index is 629. The molecule has 6 nitrogen and oxygen atoms in total. The number of anilines is 1. The third-order valence-electron chi connectivity index (χ3n) is 4.01. The fourth-order valence-corrected chi connectivity index (χ4v) is 2.90. The Morgan fingerprint density at radius 3 is 2.26 bits per heavy atom. The first kappa shape index (κ1) is 16.2. The van der Waals surface area contributed by atoms with Crippen LogP contribution in [0.4, 0.5) is 5.95 Å². The van der Waals surface area contributed by atoms with Gasteiger partial charge in [-0.1, -0.05) is 11.6 Å². The van der Waals surface area contributed by atoms with Crippen molar-refractivity contribution in [3.8, 4) is 5.75 Å². The maximum Gasteiger partial charge on any atom is 0.225 e. The molecule has 2 aromatic heterocycles. The van der Waals surface area contributed by atoms with Crippen molar-refractivity contribution in [2.75, 3.05) is 18.0 Å². The highest BCUT2D eigenvalue weighted by molar-refractivity contribution is 6.30. The molecule has 1 aliphatic heterocycles. The lowest BCUT2D eigenvalue weighted by Crippen LogP contribution is -2.39. The van der Waals surface area contributed by atoms with Gasteiger partial charge in [-0.2, -0.15) is 0 Å². The van der Waals surface area contributed by atoms with Crippen molar-refractivity contribution in [1.82, 2.24) is 19.9 Å². The zero-order valence-corrected chi connectivity index (χ0v) is 14.2. The number of halogens is 2. The van der Waals surface area contributed by atoms with Gasteiger partial charge in [0.2, 0.25) is 11.2 Å². The topological polar surface area (TPSA) is 64.0 Å². The second-order valence-electron chi connectivity index (χ2n) is 5.54. The van der Waals surface area contributed by atoms with E-state index in [4.69, 9.17) is 27.9 Å². The third kappa shape index (κ3) is 4.20. The summed E-state index contributed by atoms with van der Waals surface area (Å²) in [7, 11) is 0. The van der Waals surface area contributed by atoms with E-state index in [-0.39, 0.29) is 11.4 Å². The van der Waals surface area contributed by atoms with Crippen LogP contribution in [0.2, 0.25) is 10.3 Å². The van der Waals surface area contributed by atoms with Crippen molar-refractivity contribution < 1.29 is 4.74 Å². The molecule has 2 aromatic rings. The lowest BCUT2D eigenvalue weighted by molar-refractivity contribution is 0.132. The van der Waals surface area contributed by atoms with Gasteiger partial charge in [0.1, 0.15) is 0 Å². The number of hydrogen-bond acceptors (Lipinski definition) is 6. The van der Waals surface area contributed by atoms with E-state index in [1.165, 1.54) is 0 Å². The van der Waals surface area contributed by atoms with Crippen LogP contribution in [-0.2, 0) is 0 Å². The van der Waals surface area contributed by atoms with Crippen molar-refractivity contribution in [3.63, 3.8) is 0 Å². The molecular formula is C15H17Cl2N5O. The molecule has 1 saturated heterocycles. The molecule has 3 heterocycles. The van der Waals surface area contributed by atoms with E-state index < -0.39 is 0 Å². The second-order valence-corrected chi connectivity index (χ2v) is 6.31. The summed E-state index contributed by atoms with van der Waals surface area (Å²) in [6.45, 7) is 3.88. The molecule has 8 heteroatoms. The van der Waals surface area contributed by atoms with Gasteiger partial charge >= 0.3 is 0 Å². The molecular weight excluding hydrogens is 337 g/mol. The molecule has 0 spiro atoms. The number of aromatic nitrogens is 4. The molecule has 0 N–H and O–H groups in total. The molecule has 1 aliphatic rings. The van der Waals surface area contributed by atoms with Crippen LogP contribution in [0, 0.1) is 5.92 Å². The van der Waals surface area contributed by atoms with Gasteiger partial charge in [-0.3, -0.25) is 0 Å². The minimum atomic E-state index is 0.0908. The van der Waals surface area contributed by atoms with Crippen LogP contribution < -0.4 is 9.64 Å². The lowest BCUT2D eigenvalue weighted by atomic mass is 9.92. The Hall–Kier alpha value is -1.66. The maximum atomic E-state index is 5.91. The molecule has 0 radical (unpaired) electrons. The van der Waals surface area contributed by atoms with E-state index in [0.717, 1.165) is 31.9 Å². The molecule has 0 bridgehead atoms. The van der Waals surface area contributed by atoms with Crippen molar-refractivity contribution in [2.45, 2.75) is 25.9 Å². The van der Waals surface area contributed by atoms with Gasteiger partial charge in [0.05, 0.1) is 35.9 Å². The summed E-state index contributed by atoms with van der Waals surface area (Å²) in [5.41, 5.74) is 0. The van der Waals surface area contributed by atoms with Crippen LogP contribution in [0.15, 0.2) is 24.8 Å². The molecule has 3 rings (SSSR count). The van der Waals surface area contributed by atoms with E-state index in [2.05, 4.69) is 31.8 Å². The van der Waals surface area contributed by atoms with Crippen LogP contribution in [-0.4, -0.2) is 39.1 Å². The molecule has 23 heavy (non-hydrogen) atoms. The van der Waals surface area contributed by atoms with Crippen LogP contribution >= 0.6 is 23.2 Å². The van der Waals surface area contributed by atoms with Gasteiger partial charge in [0.25, 0.3) is 0 Å². The minimum absolute atomic E-state index is 0.0908. The normalized spacial score (nSPS) is 17.1. The molecule has 0 aliphatic carbocycles. The van der Waals surface area contributed by atoms with Gasteiger partial charge in [0.15, 0.2) is 5.75 Å². The largest absolute Gasteiger partial charge is 0.487 e. The Labute approximate surface area is 144 Å². The minimum Gasteiger partial charge on any atom is -0.487 e. The first-order valence-corrected chi connectivity index (χ1v) is 8.24. The zero-order chi connectivity index (χ0) is 16.2. The lowest BCUT2D eigenvalue weighted by Gasteiger charge is -2.34. The van der Waals surface area contributed by atoms with Gasteiger partial charge in [-0.25, -0.2) is 19.9 Å². The van der Waals surface area contributed by atoms with Crippen molar-refractivity contribution >= 4 is 29.2 Å². The highest BCUT2D eigenvalue weighted by atomic mass is 35.5. The fraction of sp³-hybridized carbons (Fsp3) is 0.467. The average Bonchev–Trinajstić information content (AvgIpc) is 2.58. The third-order valence-corrected chi connectivity index (χ3v) is 4.40. The number of ether oxygens (including phenoxy) is 1. The first-order valence-electron chi connectivity index (χ1n) is 7.48. The van der Waals surface area contributed by atoms with Gasteiger partial charge < -0.3 is 9.64 Å². The first-order chi connectivity index (χ1) is 11.1. The van der Waals surface area contributed by atoms with E-state index in [1.54, 1.807) is 24.8 Å². The number of rotatable bonds is 4. The summed E-state index contributed by atoms with van der Waals surface area (Å²) in [6.07, 6.45) is 8.58.